The molecule has 1 aromatic rings. The van der Waals surface area contributed by atoms with Crippen LogP contribution in [0.4, 0.5) is 0 Å². The van der Waals surface area contributed by atoms with Gasteiger partial charge in [0.15, 0.2) is 0 Å². The quantitative estimate of drug-likeness (QED) is 0.757. The Kier molecular flexibility index (Phi) is 7.31. The van der Waals surface area contributed by atoms with E-state index in [-0.39, 0.29) is 6.10 Å². The molecule has 0 amide bonds. The first-order valence-electron chi connectivity index (χ1n) is 8.22. The molecule has 0 unspecified atom stereocenters. The molecule has 2 heterocycles. The van der Waals surface area contributed by atoms with Crippen LogP contribution in [-0.2, 0) is 16.0 Å². The lowest BCUT2D eigenvalue weighted by Crippen LogP contribution is -2.39. The van der Waals surface area contributed by atoms with Gasteiger partial charge < -0.3 is 14.6 Å². The van der Waals surface area contributed by atoms with Gasteiger partial charge in [-0.1, -0.05) is 0 Å². The highest BCUT2D eigenvalue weighted by molar-refractivity contribution is 7.11. The summed E-state index contributed by atoms with van der Waals surface area (Å²) < 4.78 is 11.3. The third-order valence-electron chi connectivity index (χ3n) is 3.75. The van der Waals surface area contributed by atoms with Crippen LogP contribution < -0.4 is 0 Å². The fourth-order valence-electron chi connectivity index (χ4n) is 2.72. The number of hydrogen-bond acceptors (Lipinski definition) is 5. The normalized spacial score (nSPS) is 20.2. The van der Waals surface area contributed by atoms with E-state index in [0.717, 1.165) is 32.5 Å². The first-order valence-corrected chi connectivity index (χ1v) is 9.03. The number of nitrogens with zero attached hydrogens (tertiary/aromatic N) is 1. The van der Waals surface area contributed by atoms with Crippen molar-refractivity contribution in [3.63, 3.8) is 0 Å². The Morgan fingerprint density at radius 2 is 2.27 bits per heavy atom. The second kappa shape index (κ2) is 8.99. The van der Waals surface area contributed by atoms with Crippen molar-refractivity contribution in [3.8, 4) is 0 Å². The summed E-state index contributed by atoms with van der Waals surface area (Å²) in [6.45, 7) is 9.76. The fraction of sp³-hybridized carbons (Fsp3) is 0.765. The van der Waals surface area contributed by atoms with Crippen LogP contribution in [0, 0.1) is 6.92 Å². The summed E-state index contributed by atoms with van der Waals surface area (Å²) in [6, 6.07) is 4.34. The lowest BCUT2D eigenvalue weighted by Gasteiger charge is -2.27. The van der Waals surface area contributed by atoms with Gasteiger partial charge in [0, 0.05) is 36.0 Å². The minimum atomic E-state index is -0.454. The zero-order valence-electron chi connectivity index (χ0n) is 14.0. The molecule has 1 aromatic heterocycles. The van der Waals surface area contributed by atoms with E-state index < -0.39 is 6.10 Å². The van der Waals surface area contributed by atoms with Crippen LogP contribution in [0.3, 0.4) is 0 Å². The van der Waals surface area contributed by atoms with Gasteiger partial charge in [0.05, 0.1) is 24.9 Å². The summed E-state index contributed by atoms with van der Waals surface area (Å²) in [6.07, 6.45) is 2.28. The number of ether oxygens (including phenoxy) is 2. The molecule has 0 spiro atoms. The van der Waals surface area contributed by atoms with Gasteiger partial charge >= 0.3 is 0 Å². The van der Waals surface area contributed by atoms with Crippen molar-refractivity contribution in [3.05, 3.63) is 21.9 Å². The highest BCUT2D eigenvalue weighted by Crippen LogP contribution is 2.20. The number of aryl methyl sites for hydroxylation is 1. The van der Waals surface area contributed by atoms with E-state index in [1.54, 1.807) is 0 Å². The maximum atomic E-state index is 10.2. The van der Waals surface area contributed by atoms with E-state index in [2.05, 4.69) is 24.0 Å². The Morgan fingerprint density at radius 1 is 1.45 bits per heavy atom. The Morgan fingerprint density at radius 3 is 2.86 bits per heavy atom. The van der Waals surface area contributed by atoms with Crippen LogP contribution in [0.1, 0.15) is 36.4 Å². The van der Waals surface area contributed by atoms with Crippen molar-refractivity contribution in [1.29, 1.82) is 0 Å². The van der Waals surface area contributed by atoms with Crippen LogP contribution in [0.2, 0.25) is 0 Å². The van der Waals surface area contributed by atoms with Gasteiger partial charge in [-0.3, -0.25) is 4.90 Å². The maximum Gasteiger partial charge on any atom is 0.0900 e. The Bertz CT molecular complexity index is 429. The van der Waals surface area contributed by atoms with Gasteiger partial charge in [0.2, 0.25) is 0 Å². The maximum absolute atomic E-state index is 10.2. The molecular formula is C17H29NO3S. The molecule has 2 atom stereocenters. The minimum Gasteiger partial charge on any atom is -0.389 e. The van der Waals surface area contributed by atoms with Crippen molar-refractivity contribution >= 4 is 11.3 Å². The number of thiophene rings is 1. The Labute approximate surface area is 138 Å². The Hall–Kier alpha value is -0.460. The van der Waals surface area contributed by atoms with Crippen LogP contribution >= 0.6 is 11.3 Å². The monoisotopic (exact) mass is 327 g/mol. The van der Waals surface area contributed by atoms with Crippen LogP contribution in [-0.4, -0.2) is 54.6 Å². The first kappa shape index (κ1) is 17.9. The van der Waals surface area contributed by atoms with E-state index in [1.807, 2.05) is 25.2 Å². The van der Waals surface area contributed by atoms with Crippen molar-refractivity contribution in [2.24, 2.45) is 0 Å². The third kappa shape index (κ3) is 6.34. The molecule has 0 aliphatic carbocycles. The molecule has 1 aliphatic rings. The van der Waals surface area contributed by atoms with Gasteiger partial charge in [-0.15, -0.1) is 11.3 Å². The molecule has 126 valence electrons. The zero-order chi connectivity index (χ0) is 15.9. The topological polar surface area (TPSA) is 41.9 Å². The van der Waals surface area contributed by atoms with Crippen molar-refractivity contribution in [2.45, 2.75) is 58.5 Å². The van der Waals surface area contributed by atoms with Crippen LogP contribution in [0.15, 0.2) is 12.1 Å². The standard InChI is InChI=1S/C17H29NO3S/c1-13(2)21-12-15(19)9-18(10-16-5-4-8-20-16)11-17-7-6-14(3)22-17/h6-7,13,15-16,19H,4-5,8-12H2,1-3H3/t15-,16-/m0/s1. The molecule has 1 saturated heterocycles. The molecule has 1 N–H and O–H groups in total. The van der Waals surface area contributed by atoms with Gasteiger partial charge in [-0.2, -0.15) is 0 Å². The Balaban J connectivity index is 1.88. The van der Waals surface area contributed by atoms with E-state index in [4.69, 9.17) is 9.47 Å². The molecule has 1 aliphatic heterocycles. The smallest absolute Gasteiger partial charge is 0.0900 e. The summed E-state index contributed by atoms with van der Waals surface area (Å²) in [5.74, 6) is 0. The SMILES string of the molecule is Cc1ccc(CN(C[C@H](O)COC(C)C)C[C@@H]2CCCO2)s1. The second-order valence-corrected chi connectivity index (χ2v) is 7.75. The molecule has 5 heteroatoms. The second-order valence-electron chi connectivity index (χ2n) is 6.38. The summed E-state index contributed by atoms with van der Waals surface area (Å²) in [4.78, 5) is 4.97. The zero-order valence-corrected chi connectivity index (χ0v) is 14.8. The summed E-state index contributed by atoms with van der Waals surface area (Å²) in [7, 11) is 0. The highest BCUT2D eigenvalue weighted by Gasteiger charge is 2.21. The largest absolute Gasteiger partial charge is 0.389 e. The van der Waals surface area contributed by atoms with Crippen LogP contribution in [0.25, 0.3) is 0 Å². The fourth-order valence-corrected chi connectivity index (χ4v) is 3.66. The molecule has 0 bridgehead atoms. The molecular weight excluding hydrogens is 298 g/mol. The predicted octanol–water partition coefficient (Wildman–Crippen LogP) is 2.82. The predicted molar refractivity (Wildman–Crippen MR) is 90.4 cm³/mol. The van der Waals surface area contributed by atoms with Gasteiger partial charge in [-0.05, 0) is 45.7 Å². The molecule has 1 fully saturated rings. The highest BCUT2D eigenvalue weighted by atomic mass is 32.1. The molecule has 0 radical (unpaired) electrons. The summed E-state index contributed by atoms with van der Waals surface area (Å²) in [5, 5.41) is 10.2. The van der Waals surface area contributed by atoms with Gasteiger partial charge in [-0.25, -0.2) is 0 Å². The number of aliphatic hydroxyl groups is 1. The molecule has 0 aromatic carbocycles. The lowest BCUT2D eigenvalue weighted by molar-refractivity contribution is -0.0170. The average molecular weight is 327 g/mol. The summed E-state index contributed by atoms with van der Waals surface area (Å²) >= 11 is 1.82. The van der Waals surface area contributed by atoms with Gasteiger partial charge in [0.25, 0.3) is 0 Å². The molecule has 2 rings (SSSR count). The van der Waals surface area contributed by atoms with Crippen LogP contribution in [0.5, 0.6) is 0 Å². The number of hydrogen-bond donors (Lipinski definition) is 1. The van der Waals surface area contributed by atoms with Gasteiger partial charge in [0.1, 0.15) is 0 Å². The van der Waals surface area contributed by atoms with Crippen molar-refractivity contribution in [2.75, 3.05) is 26.3 Å². The minimum absolute atomic E-state index is 0.154. The van der Waals surface area contributed by atoms with E-state index >= 15 is 0 Å². The van der Waals surface area contributed by atoms with E-state index in [1.165, 1.54) is 9.75 Å². The first-order chi connectivity index (χ1) is 10.5. The van der Waals surface area contributed by atoms with Crippen molar-refractivity contribution in [1.82, 2.24) is 4.90 Å². The molecule has 22 heavy (non-hydrogen) atoms. The summed E-state index contributed by atoms with van der Waals surface area (Å²) in [5.41, 5.74) is 0. The molecule has 4 nitrogen and oxygen atoms in total. The van der Waals surface area contributed by atoms with Crippen molar-refractivity contribution < 1.29 is 14.6 Å². The lowest BCUT2D eigenvalue weighted by atomic mass is 10.2. The third-order valence-corrected chi connectivity index (χ3v) is 4.74. The average Bonchev–Trinajstić information content (AvgIpc) is 3.08. The number of aliphatic hydroxyl groups excluding tert-OH is 1. The number of rotatable bonds is 9. The van der Waals surface area contributed by atoms with E-state index in [9.17, 15) is 5.11 Å². The van der Waals surface area contributed by atoms with E-state index in [0.29, 0.717) is 19.3 Å². The molecule has 0 saturated carbocycles.